The maximum absolute atomic E-state index is 11.3. The minimum absolute atomic E-state index is 0.0381. The van der Waals surface area contributed by atoms with Gasteiger partial charge in [0.2, 0.25) is 5.82 Å². The van der Waals surface area contributed by atoms with Crippen molar-refractivity contribution in [1.29, 1.82) is 0 Å². The van der Waals surface area contributed by atoms with Crippen LogP contribution in [0.2, 0.25) is 10.3 Å². The maximum Gasteiger partial charge on any atom is 0.374 e. The number of imidazole rings is 1. The van der Waals surface area contributed by atoms with Crippen LogP contribution in [0.15, 0.2) is 0 Å². The summed E-state index contributed by atoms with van der Waals surface area (Å²) in [6, 6.07) is 0. The normalized spacial score (nSPS) is 10.2. The van der Waals surface area contributed by atoms with Crippen LogP contribution in [0.3, 0.4) is 0 Å². The standard InChI is InChI=1S/C8H10Cl2N2O2/c1-2-3-4-14-8(13)7-11-5(9)6(10)12-7/h2-4H2,1H3,(H,11,12). The van der Waals surface area contributed by atoms with E-state index >= 15 is 0 Å². The van der Waals surface area contributed by atoms with Gasteiger partial charge in [0.15, 0.2) is 5.15 Å². The zero-order valence-electron chi connectivity index (χ0n) is 7.64. The summed E-state index contributed by atoms with van der Waals surface area (Å²) in [6.07, 6.45) is 1.79. The lowest BCUT2D eigenvalue weighted by molar-refractivity contribution is 0.0486. The minimum atomic E-state index is -0.535. The molecule has 0 aliphatic heterocycles. The first-order chi connectivity index (χ1) is 6.65. The molecule has 0 aliphatic rings. The molecule has 4 nitrogen and oxygen atoms in total. The molecule has 6 heteroatoms. The van der Waals surface area contributed by atoms with Gasteiger partial charge in [-0.1, -0.05) is 36.5 Å². The summed E-state index contributed by atoms with van der Waals surface area (Å²) in [5.74, 6) is -0.497. The van der Waals surface area contributed by atoms with Crippen molar-refractivity contribution in [2.45, 2.75) is 19.8 Å². The lowest BCUT2D eigenvalue weighted by Gasteiger charge is -1.99. The maximum atomic E-state index is 11.3. The van der Waals surface area contributed by atoms with Crippen molar-refractivity contribution in [2.75, 3.05) is 6.61 Å². The minimum Gasteiger partial charge on any atom is -0.460 e. The summed E-state index contributed by atoms with van der Waals surface area (Å²) in [5.41, 5.74) is 0. The van der Waals surface area contributed by atoms with Crippen LogP contribution in [0.25, 0.3) is 0 Å². The summed E-state index contributed by atoms with van der Waals surface area (Å²) in [5, 5.41) is 0.225. The highest BCUT2D eigenvalue weighted by Gasteiger charge is 2.14. The number of carbonyl (C=O) groups is 1. The second-order valence-electron chi connectivity index (χ2n) is 2.68. The Balaban J connectivity index is 2.52. The fourth-order valence-corrected chi connectivity index (χ4v) is 1.07. The van der Waals surface area contributed by atoms with Crippen LogP contribution < -0.4 is 0 Å². The van der Waals surface area contributed by atoms with E-state index in [9.17, 15) is 4.79 Å². The second-order valence-corrected chi connectivity index (χ2v) is 3.42. The Morgan fingerprint density at radius 2 is 2.29 bits per heavy atom. The highest BCUT2D eigenvalue weighted by atomic mass is 35.5. The van der Waals surface area contributed by atoms with Gasteiger partial charge in [0, 0.05) is 0 Å². The fourth-order valence-electron chi connectivity index (χ4n) is 0.805. The van der Waals surface area contributed by atoms with E-state index in [-0.39, 0.29) is 16.1 Å². The van der Waals surface area contributed by atoms with Crippen molar-refractivity contribution >= 4 is 29.2 Å². The summed E-state index contributed by atoms with van der Waals surface area (Å²) >= 11 is 11.1. The lowest BCUT2D eigenvalue weighted by atomic mass is 10.4. The molecule has 0 aromatic carbocycles. The number of aromatic nitrogens is 2. The molecule has 0 fully saturated rings. The van der Waals surface area contributed by atoms with Gasteiger partial charge in [-0.2, -0.15) is 0 Å². The zero-order chi connectivity index (χ0) is 10.6. The van der Waals surface area contributed by atoms with Crippen LogP contribution >= 0.6 is 23.2 Å². The molecule has 0 radical (unpaired) electrons. The molecule has 0 unspecified atom stereocenters. The lowest BCUT2D eigenvalue weighted by Crippen LogP contribution is -2.08. The quantitative estimate of drug-likeness (QED) is 0.646. The number of hydrogen-bond donors (Lipinski definition) is 1. The van der Waals surface area contributed by atoms with Crippen LogP contribution in [0.4, 0.5) is 0 Å². The molecule has 0 bridgehead atoms. The van der Waals surface area contributed by atoms with Crippen LogP contribution in [-0.2, 0) is 4.74 Å². The number of ether oxygens (including phenoxy) is 1. The van der Waals surface area contributed by atoms with Crippen molar-refractivity contribution in [2.24, 2.45) is 0 Å². The molecule has 0 atom stereocenters. The topological polar surface area (TPSA) is 55.0 Å². The van der Waals surface area contributed by atoms with Gasteiger partial charge in [-0.05, 0) is 6.42 Å². The van der Waals surface area contributed by atoms with Gasteiger partial charge in [-0.3, -0.25) is 0 Å². The van der Waals surface area contributed by atoms with Crippen molar-refractivity contribution in [3.05, 3.63) is 16.1 Å². The predicted molar refractivity (Wildman–Crippen MR) is 53.8 cm³/mol. The summed E-state index contributed by atoms with van der Waals surface area (Å²) in [4.78, 5) is 17.5. The number of aromatic amines is 1. The number of nitrogens with one attached hydrogen (secondary N) is 1. The summed E-state index contributed by atoms with van der Waals surface area (Å²) < 4.78 is 4.89. The van der Waals surface area contributed by atoms with Gasteiger partial charge in [-0.15, -0.1) is 0 Å². The van der Waals surface area contributed by atoms with Gasteiger partial charge in [0.1, 0.15) is 5.15 Å². The van der Waals surface area contributed by atoms with Crippen molar-refractivity contribution in [3.8, 4) is 0 Å². The smallest absolute Gasteiger partial charge is 0.374 e. The Bertz CT molecular complexity index is 306. The molecule has 0 saturated carbocycles. The molecule has 0 aliphatic carbocycles. The van der Waals surface area contributed by atoms with E-state index in [2.05, 4.69) is 9.97 Å². The Morgan fingerprint density at radius 3 is 2.79 bits per heavy atom. The third-order valence-corrected chi connectivity index (χ3v) is 2.19. The molecule has 78 valence electrons. The number of hydrogen-bond acceptors (Lipinski definition) is 3. The molecular formula is C8H10Cl2N2O2. The molecule has 14 heavy (non-hydrogen) atoms. The van der Waals surface area contributed by atoms with Crippen molar-refractivity contribution < 1.29 is 9.53 Å². The fraction of sp³-hybridized carbons (Fsp3) is 0.500. The molecule has 1 aromatic heterocycles. The third kappa shape index (κ3) is 2.89. The molecular weight excluding hydrogens is 227 g/mol. The van der Waals surface area contributed by atoms with Crippen molar-refractivity contribution in [3.63, 3.8) is 0 Å². The molecule has 1 N–H and O–H groups in total. The number of H-pyrrole nitrogens is 1. The van der Waals surface area contributed by atoms with E-state index in [0.29, 0.717) is 6.61 Å². The van der Waals surface area contributed by atoms with Gasteiger partial charge in [0.25, 0.3) is 0 Å². The highest BCUT2D eigenvalue weighted by molar-refractivity contribution is 6.40. The number of esters is 1. The SMILES string of the molecule is CCCCOC(=O)c1nc(Cl)c(Cl)[nH]1. The van der Waals surface area contributed by atoms with E-state index in [1.807, 2.05) is 6.92 Å². The Kier molecular flexibility index (Phi) is 4.22. The van der Waals surface area contributed by atoms with E-state index in [1.165, 1.54) is 0 Å². The van der Waals surface area contributed by atoms with Crippen LogP contribution in [0.1, 0.15) is 30.4 Å². The molecule has 1 aromatic rings. The number of carbonyl (C=O) groups excluding carboxylic acids is 1. The number of unbranched alkanes of at least 4 members (excludes halogenated alkanes) is 1. The summed E-state index contributed by atoms with van der Waals surface area (Å²) in [6.45, 7) is 2.39. The van der Waals surface area contributed by atoms with E-state index < -0.39 is 5.97 Å². The number of rotatable bonds is 4. The van der Waals surface area contributed by atoms with Crippen LogP contribution in [-0.4, -0.2) is 22.5 Å². The molecule has 1 rings (SSSR count). The highest BCUT2D eigenvalue weighted by Crippen LogP contribution is 2.18. The third-order valence-electron chi connectivity index (χ3n) is 1.54. The van der Waals surface area contributed by atoms with E-state index in [4.69, 9.17) is 27.9 Å². The van der Waals surface area contributed by atoms with Gasteiger partial charge >= 0.3 is 5.97 Å². The van der Waals surface area contributed by atoms with Gasteiger partial charge < -0.3 is 9.72 Å². The average Bonchev–Trinajstić information content (AvgIpc) is 2.47. The first-order valence-corrected chi connectivity index (χ1v) is 4.99. The van der Waals surface area contributed by atoms with Crippen LogP contribution in [0.5, 0.6) is 0 Å². The summed E-state index contributed by atoms with van der Waals surface area (Å²) in [7, 11) is 0. The van der Waals surface area contributed by atoms with Gasteiger partial charge in [-0.25, -0.2) is 9.78 Å². The Hall–Kier alpha value is -0.740. The largest absolute Gasteiger partial charge is 0.460 e. The van der Waals surface area contributed by atoms with E-state index in [0.717, 1.165) is 12.8 Å². The number of nitrogens with zero attached hydrogens (tertiary/aromatic N) is 1. The number of halogens is 2. The Labute approximate surface area is 91.6 Å². The predicted octanol–water partition coefficient (Wildman–Crippen LogP) is 2.67. The first kappa shape index (κ1) is 11.3. The zero-order valence-corrected chi connectivity index (χ0v) is 9.15. The first-order valence-electron chi connectivity index (χ1n) is 4.23. The molecule has 0 spiro atoms. The monoisotopic (exact) mass is 236 g/mol. The van der Waals surface area contributed by atoms with Crippen molar-refractivity contribution in [1.82, 2.24) is 9.97 Å². The van der Waals surface area contributed by atoms with Gasteiger partial charge in [0.05, 0.1) is 6.61 Å². The van der Waals surface area contributed by atoms with Crippen LogP contribution in [0, 0.1) is 0 Å². The molecule has 1 heterocycles. The second kappa shape index (κ2) is 5.22. The Morgan fingerprint density at radius 1 is 1.57 bits per heavy atom. The average molecular weight is 237 g/mol. The van der Waals surface area contributed by atoms with E-state index in [1.54, 1.807) is 0 Å². The molecule has 0 amide bonds. The molecule has 0 saturated heterocycles.